The second-order valence-corrected chi connectivity index (χ2v) is 5.65. The average molecular weight is 357 g/mol. The van der Waals surface area contributed by atoms with Crippen LogP contribution < -0.4 is 10.1 Å². The van der Waals surface area contributed by atoms with Gasteiger partial charge in [-0.25, -0.2) is 4.98 Å². The number of nitrogens with one attached hydrogen (secondary N) is 1. The highest BCUT2D eigenvalue weighted by atomic mass is 19.4. The summed E-state index contributed by atoms with van der Waals surface area (Å²) in [6, 6.07) is 4.87. The summed E-state index contributed by atoms with van der Waals surface area (Å²) in [5, 5.41) is 12.6. The Kier molecular flexibility index (Phi) is 5.07. The first-order chi connectivity index (χ1) is 11.6. The Morgan fingerprint density at radius 1 is 1.40 bits per heavy atom. The minimum absolute atomic E-state index is 0.219. The third kappa shape index (κ3) is 3.76. The Bertz CT molecular complexity index is 773. The summed E-state index contributed by atoms with van der Waals surface area (Å²) in [6.45, 7) is 1.76. The van der Waals surface area contributed by atoms with E-state index in [2.05, 4.69) is 10.3 Å². The first-order valence-electron chi connectivity index (χ1n) is 7.30. The number of carbonyl (C=O) groups is 1. The van der Waals surface area contributed by atoms with Gasteiger partial charge in [0.15, 0.2) is 5.82 Å². The van der Waals surface area contributed by atoms with E-state index in [0.29, 0.717) is 5.75 Å². The highest BCUT2D eigenvalue weighted by Gasteiger charge is 2.58. The van der Waals surface area contributed by atoms with Crippen LogP contribution in [0.2, 0.25) is 0 Å². The smallest absolute Gasteiger partial charge is 0.425 e. The van der Waals surface area contributed by atoms with E-state index in [4.69, 9.17) is 4.74 Å². The number of aromatic nitrogens is 2. The lowest BCUT2D eigenvalue weighted by Gasteiger charge is -2.29. The van der Waals surface area contributed by atoms with E-state index in [9.17, 15) is 23.1 Å². The number of aliphatic hydroxyl groups is 1. The lowest BCUT2D eigenvalue weighted by Crippen LogP contribution is -2.46. The van der Waals surface area contributed by atoms with Gasteiger partial charge in [-0.1, -0.05) is 6.07 Å². The van der Waals surface area contributed by atoms with Gasteiger partial charge in [0.25, 0.3) is 0 Å². The van der Waals surface area contributed by atoms with Crippen molar-refractivity contribution in [3.05, 3.63) is 42.0 Å². The van der Waals surface area contributed by atoms with Gasteiger partial charge in [-0.3, -0.25) is 4.79 Å². The number of rotatable bonds is 5. The molecule has 1 aromatic heterocycles. The van der Waals surface area contributed by atoms with Crippen molar-refractivity contribution >= 4 is 11.6 Å². The molecule has 0 saturated carbocycles. The summed E-state index contributed by atoms with van der Waals surface area (Å²) in [6.07, 6.45) is -3.94. The topological polar surface area (TPSA) is 76.4 Å². The zero-order valence-corrected chi connectivity index (χ0v) is 13.9. The third-order valence-electron chi connectivity index (χ3n) is 3.71. The first kappa shape index (κ1) is 18.8. The van der Waals surface area contributed by atoms with E-state index in [0.717, 1.165) is 16.3 Å². The van der Waals surface area contributed by atoms with Crippen LogP contribution in [0.4, 0.5) is 18.9 Å². The van der Waals surface area contributed by atoms with E-state index in [1.165, 1.54) is 20.4 Å². The van der Waals surface area contributed by atoms with Gasteiger partial charge < -0.3 is 19.7 Å². The molecule has 9 heteroatoms. The number of nitrogens with zero attached hydrogens (tertiary/aromatic N) is 2. The molecule has 2 N–H and O–H groups in total. The number of anilines is 1. The molecule has 1 amide bonds. The Balaban J connectivity index is 2.30. The number of benzene rings is 1. The number of hydrogen-bond acceptors (Lipinski definition) is 4. The van der Waals surface area contributed by atoms with Crippen LogP contribution in [0.15, 0.2) is 30.6 Å². The molecule has 1 heterocycles. The molecule has 1 unspecified atom stereocenters. The molecule has 0 saturated heterocycles. The minimum Gasteiger partial charge on any atom is -0.495 e. The van der Waals surface area contributed by atoms with Crippen molar-refractivity contribution in [1.29, 1.82) is 0 Å². The molecule has 0 fully saturated rings. The Morgan fingerprint density at radius 2 is 2.08 bits per heavy atom. The van der Waals surface area contributed by atoms with Crippen molar-refractivity contribution < 1.29 is 27.8 Å². The summed E-state index contributed by atoms with van der Waals surface area (Å²) in [4.78, 5) is 15.7. The van der Waals surface area contributed by atoms with E-state index in [1.54, 1.807) is 25.1 Å². The summed E-state index contributed by atoms with van der Waals surface area (Å²) in [7, 11) is 2.68. The normalized spacial score (nSPS) is 14.0. The van der Waals surface area contributed by atoms with Gasteiger partial charge in [-0.2, -0.15) is 13.2 Å². The standard InChI is InChI=1S/C16H18F3N3O3/c1-10-4-5-12(25-3)11(8-10)21-13(23)9-15(24,16(17,18)19)14-20-6-7-22(14)2/h4-8,24H,9H2,1-3H3,(H,21,23). The number of aryl methyl sites for hydroxylation is 2. The highest BCUT2D eigenvalue weighted by molar-refractivity contribution is 5.93. The summed E-state index contributed by atoms with van der Waals surface area (Å²) in [5.74, 6) is -1.38. The van der Waals surface area contributed by atoms with Gasteiger partial charge >= 0.3 is 6.18 Å². The monoisotopic (exact) mass is 357 g/mol. The first-order valence-corrected chi connectivity index (χ1v) is 7.30. The van der Waals surface area contributed by atoms with Crippen LogP contribution in [-0.4, -0.2) is 33.9 Å². The molecular formula is C16H18F3N3O3. The number of hydrogen-bond donors (Lipinski definition) is 2. The number of halogens is 3. The fourth-order valence-electron chi connectivity index (χ4n) is 2.42. The molecule has 0 aliphatic heterocycles. The molecule has 25 heavy (non-hydrogen) atoms. The molecule has 1 atom stereocenters. The fraction of sp³-hybridized carbons (Fsp3) is 0.375. The largest absolute Gasteiger partial charge is 0.495 e. The molecule has 0 aliphatic rings. The molecule has 2 aromatic rings. The van der Waals surface area contributed by atoms with Crippen molar-refractivity contribution in [1.82, 2.24) is 9.55 Å². The molecule has 0 bridgehead atoms. The number of ether oxygens (including phenoxy) is 1. The lowest BCUT2D eigenvalue weighted by molar-refractivity contribution is -0.270. The average Bonchev–Trinajstić information content (AvgIpc) is 2.92. The van der Waals surface area contributed by atoms with Crippen LogP contribution in [-0.2, 0) is 17.4 Å². The van der Waals surface area contributed by atoms with Gasteiger partial charge in [-0.15, -0.1) is 0 Å². The van der Waals surface area contributed by atoms with E-state index in [-0.39, 0.29) is 5.69 Å². The van der Waals surface area contributed by atoms with Gasteiger partial charge in [0.2, 0.25) is 11.5 Å². The van der Waals surface area contributed by atoms with Crippen LogP contribution in [0.3, 0.4) is 0 Å². The number of alkyl halides is 3. The quantitative estimate of drug-likeness (QED) is 0.862. The van der Waals surface area contributed by atoms with Crippen molar-refractivity contribution in [2.75, 3.05) is 12.4 Å². The van der Waals surface area contributed by atoms with Crippen LogP contribution >= 0.6 is 0 Å². The van der Waals surface area contributed by atoms with Crippen LogP contribution in [0.5, 0.6) is 5.75 Å². The number of amides is 1. The molecular weight excluding hydrogens is 339 g/mol. The Hall–Kier alpha value is -2.55. The van der Waals surface area contributed by atoms with Crippen molar-refractivity contribution in [3.8, 4) is 5.75 Å². The molecule has 2 rings (SSSR count). The van der Waals surface area contributed by atoms with Gasteiger partial charge in [-0.05, 0) is 24.6 Å². The summed E-state index contributed by atoms with van der Waals surface area (Å²) in [5.41, 5.74) is -2.41. The molecule has 0 radical (unpaired) electrons. The lowest BCUT2D eigenvalue weighted by atomic mass is 9.97. The number of carbonyl (C=O) groups excluding carboxylic acids is 1. The summed E-state index contributed by atoms with van der Waals surface area (Å²) < 4.78 is 46.4. The predicted molar refractivity (Wildman–Crippen MR) is 84.1 cm³/mol. The second kappa shape index (κ2) is 6.75. The van der Waals surface area contributed by atoms with E-state index >= 15 is 0 Å². The highest BCUT2D eigenvalue weighted by Crippen LogP contribution is 2.41. The van der Waals surface area contributed by atoms with Crippen LogP contribution in [0.25, 0.3) is 0 Å². The number of methoxy groups -OCH3 is 1. The van der Waals surface area contributed by atoms with Gasteiger partial charge in [0, 0.05) is 19.4 Å². The molecule has 6 nitrogen and oxygen atoms in total. The Morgan fingerprint density at radius 3 is 2.60 bits per heavy atom. The molecule has 0 spiro atoms. The van der Waals surface area contributed by atoms with Crippen LogP contribution in [0, 0.1) is 6.92 Å². The maximum Gasteiger partial charge on any atom is 0.425 e. The third-order valence-corrected chi connectivity index (χ3v) is 3.71. The zero-order valence-electron chi connectivity index (χ0n) is 13.9. The van der Waals surface area contributed by atoms with Crippen molar-refractivity contribution in [3.63, 3.8) is 0 Å². The predicted octanol–water partition coefficient (Wildman–Crippen LogP) is 2.52. The van der Waals surface area contributed by atoms with E-state index in [1.807, 2.05) is 0 Å². The van der Waals surface area contributed by atoms with Crippen molar-refractivity contribution in [2.45, 2.75) is 25.1 Å². The maximum absolute atomic E-state index is 13.4. The Labute approximate surface area is 142 Å². The van der Waals surface area contributed by atoms with Crippen LogP contribution in [0.1, 0.15) is 17.8 Å². The number of imidazole rings is 1. The molecule has 136 valence electrons. The zero-order chi connectivity index (χ0) is 18.8. The van der Waals surface area contributed by atoms with Crippen molar-refractivity contribution in [2.24, 2.45) is 7.05 Å². The second-order valence-electron chi connectivity index (χ2n) is 5.65. The maximum atomic E-state index is 13.4. The summed E-state index contributed by atoms with van der Waals surface area (Å²) >= 11 is 0. The molecule has 0 aliphatic carbocycles. The van der Waals surface area contributed by atoms with Gasteiger partial charge in [0.1, 0.15) is 5.75 Å². The van der Waals surface area contributed by atoms with Gasteiger partial charge in [0.05, 0.1) is 19.2 Å². The van der Waals surface area contributed by atoms with E-state index < -0.39 is 29.9 Å². The fourth-order valence-corrected chi connectivity index (χ4v) is 2.42. The minimum atomic E-state index is -5.08. The SMILES string of the molecule is COc1ccc(C)cc1NC(=O)CC(O)(c1nccn1C)C(F)(F)F. The molecule has 1 aromatic carbocycles.